The number of halogens is 2. The normalized spacial score (nSPS) is 20.7. The number of fused-ring (bicyclic) bond motifs is 1. The van der Waals surface area contributed by atoms with Gasteiger partial charge in [0.1, 0.15) is 17.0 Å². The van der Waals surface area contributed by atoms with E-state index in [1.54, 1.807) is 17.7 Å². The maximum absolute atomic E-state index is 12.6. The van der Waals surface area contributed by atoms with Crippen LogP contribution in [0.4, 0.5) is 5.82 Å². The number of hydrogen-bond donors (Lipinski definition) is 1. The Morgan fingerprint density at radius 1 is 1.20 bits per heavy atom. The Bertz CT molecular complexity index is 699. The molecule has 0 radical (unpaired) electrons. The molecule has 1 amide bonds. The molecule has 9 heteroatoms. The Kier molecular flexibility index (Phi) is 7.25. The van der Waals surface area contributed by atoms with Crippen LogP contribution in [0.1, 0.15) is 12.8 Å². The lowest BCUT2D eigenvalue weighted by atomic mass is 9.98. The summed E-state index contributed by atoms with van der Waals surface area (Å²) in [7, 11) is 0. The van der Waals surface area contributed by atoms with Crippen molar-refractivity contribution in [2.75, 3.05) is 44.2 Å². The monoisotopic (exact) mass is 403 g/mol. The van der Waals surface area contributed by atoms with Crippen LogP contribution in [0, 0.1) is 5.92 Å². The minimum atomic E-state index is 0. The molecule has 2 fully saturated rings. The number of piperidine rings is 1. The number of amides is 1. The number of nitrogens with one attached hydrogen (secondary N) is 1. The predicted octanol–water partition coefficient (Wildman–Crippen LogP) is 2.18. The molecule has 0 bridgehead atoms. The Labute approximate surface area is 163 Å². The van der Waals surface area contributed by atoms with Gasteiger partial charge in [-0.2, -0.15) is 0 Å². The van der Waals surface area contributed by atoms with Crippen molar-refractivity contribution >= 4 is 58.1 Å². The van der Waals surface area contributed by atoms with Crippen LogP contribution in [0.15, 0.2) is 17.8 Å². The lowest BCUT2D eigenvalue weighted by Gasteiger charge is -2.37. The van der Waals surface area contributed by atoms with Crippen molar-refractivity contribution in [1.29, 1.82) is 0 Å². The van der Waals surface area contributed by atoms with E-state index in [1.807, 2.05) is 4.90 Å². The van der Waals surface area contributed by atoms with Gasteiger partial charge in [0.25, 0.3) is 0 Å². The molecule has 1 atom stereocenters. The predicted molar refractivity (Wildman–Crippen MR) is 106 cm³/mol. The van der Waals surface area contributed by atoms with Gasteiger partial charge in [0.15, 0.2) is 0 Å². The second-order valence-corrected chi connectivity index (χ2v) is 7.09. The highest BCUT2D eigenvalue weighted by molar-refractivity contribution is 7.16. The molecule has 0 spiro atoms. The third-order valence-corrected chi connectivity index (χ3v) is 5.60. The molecular formula is C16H23Cl2N5OS. The lowest BCUT2D eigenvalue weighted by molar-refractivity contribution is -0.136. The second-order valence-electron chi connectivity index (χ2n) is 6.19. The van der Waals surface area contributed by atoms with Crippen molar-refractivity contribution in [3.63, 3.8) is 0 Å². The molecule has 2 aliphatic rings. The van der Waals surface area contributed by atoms with Gasteiger partial charge in [0.2, 0.25) is 5.91 Å². The molecule has 138 valence electrons. The zero-order chi connectivity index (χ0) is 15.6. The summed E-state index contributed by atoms with van der Waals surface area (Å²) in [6.45, 7) is 5.13. The van der Waals surface area contributed by atoms with Crippen LogP contribution in [-0.4, -0.2) is 60.0 Å². The van der Waals surface area contributed by atoms with E-state index in [1.165, 1.54) is 0 Å². The van der Waals surface area contributed by atoms with E-state index in [2.05, 4.69) is 31.6 Å². The highest BCUT2D eigenvalue weighted by atomic mass is 35.5. The Morgan fingerprint density at radius 3 is 2.72 bits per heavy atom. The first-order chi connectivity index (χ1) is 11.3. The number of piperazine rings is 1. The van der Waals surface area contributed by atoms with Gasteiger partial charge in [-0.1, -0.05) is 0 Å². The van der Waals surface area contributed by atoms with Crippen molar-refractivity contribution < 1.29 is 4.79 Å². The summed E-state index contributed by atoms with van der Waals surface area (Å²) >= 11 is 1.64. The first-order valence-corrected chi connectivity index (χ1v) is 9.13. The van der Waals surface area contributed by atoms with Gasteiger partial charge in [-0.15, -0.1) is 36.2 Å². The smallest absolute Gasteiger partial charge is 0.227 e. The number of nitrogens with zero attached hydrogens (tertiary/aromatic N) is 4. The van der Waals surface area contributed by atoms with Crippen LogP contribution >= 0.6 is 36.2 Å². The van der Waals surface area contributed by atoms with E-state index in [9.17, 15) is 4.79 Å². The van der Waals surface area contributed by atoms with E-state index in [0.717, 1.165) is 68.1 Å². The first-order valence-electron chi connectivity index (χ1n) is 8.25. The van der Waals surface area contributed by atoms with E-state index in [4.69, 9.17) is 0 Å². The van der Waals surface area contributed by atoms with Crippen LogP contribution in [0.5, 0.6) is 0 Å². The minimum Gasteiger partial charge on any atom is -0.352 e. The van der Waals surface area contributed by atoms with E-state index in [0.29, 0.717) is 5.91 Å². The van der Waals surface area contributed by atoms with Crippen molar-refractivity contribution in [3.8, 4) is 0 Å². The van der Waals surface area contributed by atoms with Crippen molar-refractivity contribution in [2.24, 2.45) is 5.92 Å². The molecule has 1 N–H and O–H groups in total. The first kappa shape index (κ1) is 20.2. The summed E-state index contributed by atoms with van der Waals surface area (Å²) in [5.74, 6) is 1.49. The van der Waals surface area contributed by atoms with E-state index >= 15 is 0 Å². The summed E-state index contributed by atoms with van der Waals surface area (Å²) in [5, 5.41) is 6.51. The minimum absolute atomic E-state index is 0. The maximum Gasteiger partial charge on any atom is 0.227 e. The summed E-state index contributed by atoms with van der Waals surface area (Å²) < 4.78 is 0. The van der Waals surface area contributed by atoms with Gasteiger partial charge >= 0.3 is 0 Å². The molecule has 2 aliphatic heterocycles. The Morgan fingerprint density at radius 2 is 2.00 bits per heavy atom. The summed E-state index contributed by atoms with van der Waals surface area (Å²) in [5.41, 5.74) is 0. The zero-order valence-corrected chi connectivity index (χ0v) is 16.3. The van der Waals surface area contributed by atoms with Gasteiger partial charge in [-0.3, -0.25) is 4.79 Å². The fraction of sp³-hybridized carbons (Fsp3) is 0.562. The van der Waals surface area contributed by atoms with Crippen LogP contribution in [0.3, 0.4) is 0 Å². The van der Waals surface area contributed by atoms with Gasteiger partial charge in [-0.25, -0.2) is 9.97 Å². The third kappa shape index (κ3) is 4.16. The summed E-state index contributed by atoms with van der Waals surface area (Å²) in [6.07, 6.45) is 3.76. The van der Waals surface area contributed by atoms with Crippen LogP contribution in [-0.2, 0) is 4.79 Å². The molecule has 0 saturated carbocycles. The molecule has 0 aliphatic carbocycles. The van der Waals surface area contributed by atoms with Gasteiger partial charge in [0, 0.05) is 32.7 Å². The fourth-order valence-corrected chi connectivity index (χ4v) is 4.22. The summed E-state index contributed by atoms with van der Waals surface area (Å²) in [6, 6.07) is 2.08. The average molecular weight is 404 g/mol. The number of hydrogen-bond acceptors (Lipinski definition) is 6. The van der Waals surface area contributed by atoms with Crippen molar-refractivity contribution in [3.05, 3.63) is 17.8 Å². The van der Waals surface area contributed by atoms with Gasteiger partial charge in [-0.05, 0) is 30.8 Å². The number of anilines is 1. The Hall–Kier alpha value is -1.15. The second kappa shape index (κ2) is 8.98. The van der Waals surface area contributed by atoms with Crippen molar-refractivity contribution in [1.82, 2.24) is 20.2 Å². The molecule has 1 unspecified atom stereocenters. The number of aromatic nitrogens is 2. The highest BCUT2D eigenvalue weighted by Gasteiger charge is 2.29. The number of carbonyl (C=O) groups excluding carboxylic acids is 1. The third-order valence-electron chi connectivity index (χ3n) is 4.78. The molecule has 2 aromatic heterocycles. The molecule has 4 heterocycles. The van der Waals surface area contributed by atoms with Gasteiger partial charge < -0.3 is 15.1 Å². The summed E-state index contributed by atoms with van der Waals surface area (Å²) in [4.78, 5) is 26.7. The molecule has 2 saturated heterocycles. The average Bonchev–Trinajstić information content (AvgIpc) is 3.11. The quantitative estimate of drug-likeness (QED) is 0.832. The topological polar surface area (TPSA) is 61.4 Å². The molecule has 2 aromatic rings. The number of thiophene rings is 1. The largest absolute Gasteiger partial charge is 0.352 e. The van der Waals surface area contributed by atoms with E-state index < -0.39 is 0 Å². The Balaban J connectivity index is 0.00000113. The zero-order valence-electron chi connectivity index (χ0n) is 13.9. The van der Waals surface area contributed by atoms with Crippen LogP contribution in [0.2, 0.25) is 0 Å². The van der Waals surface area contributed by atoms with Crippen molar-refractivity contribution in [2.45, 2.75) is 12.8 Å². The SMILES string of the molecule is Cl.Cl.O=C(C1CCCNC1)N1CCN(c2ncnc3sccc23)CC1. The van der Waals surface area contributed by atoms with E-state index in [-0.39, 0.29) is 30.7 Å². The molecule has 6 nitrogen and oxygen atoms in total. The molecular weight excluding hydrogens is 381 g/mol. The standard InChI is InChI=1S/C16H21N5OS.2ClH/c22-16(12-2-1-4-17-10-12)21-7-5-20(6-8-21)14-13-3-9-23-15(13)19-11-18-14;;/h3,9,11-12,17H,1-2,4-8,10H2;2*1H. The highest BCUT2D eigenvalue weighted by Crippen LogP contribution is 2.27. The van der Waals surface area contributed by atoms with Gasteiger partial charge in [0.05, 0.1) is 11.3 Å². The lowest BCUT2D eigenvalue weighted by Crippen LogP contribution is -2.52. The maximum atomic E-state index is 12.6. The fourth-order valence-electron chi connectivity index (χ4n) is 3.49. The molecule has 0 aromatic carbocycles. The number of carbonyl (C=O) groups is 1. The number of rotatable bonds is 2. The molecule has 4 rings (SSSR count). The van der Waals surface area contributed by atoms with Crippen LogP contribution < -0.4 is 10.2 Å². The van der Waals surface area contributed by atoms with Crippen LogP contribution in [0.25, 0.3) is 10.2 Å². The molecule has 25 heavy (non-hydrogen) atoms.